The third kappa shape index (κ3) is 4.12. The topological polar surface area (TPSA) is 15.3 Å². The van der Waals surface area contributed by atoms with Crippen molar-refractivity contribution in [3.8, 4) is 0 Å². The molecule has 1 aliphatic heterocycles. The molecule has 2 atom stereocenters. The van der Waals surface area contributed by atoms with Gasteiger partial charge in [0, 0.05) is 13.1 Å². The normalized spacial score (nSPS) is 25.8. The Balaban J connectivity index is 2.30. The van der Waals surface area contributed by atoms with E-state index < -0.39 is 0 Å². The van der Waals surface area contributed by atoms with Crippen molar-refractivity contribution < 1.29 is 0 Å². The molecule has 2 unspecified atom stereocenters. The van der Waals surface area contributed by atoms with Gasteiger partial charge in [0.1, 0.15) is 0 Å². The SMILES string of the molecule is CNCC1CCN(CC(C)C(C)(C)C)C1. The lowest BCUT2D eigenvalue weighted by Gasteiger charge is -2.31. The van der Waals surface area contributed by atoms with E-state index >= 15 is 0 Å². The quantitative estimate of drug-likeness (QED) is 0.768. The number of nitrogens with zero attached hydrogens (tertiary/aromatic N) is 1. The molecule has 0 amide bonds. The largest absolute Gasteiger partial charge is 0.319 e. The first kappa shape index (κ1) is 13.0. The van der Waals surface area contributed by atoms with Crippen LogP contribution in [-0.4, -0.2) is 38.1 Å². The Morgan fingerprint density at radius 1 is 1.40 bits per heavy atom. The Kier molecular flexibility index (Phi) is 4.60. The predicted octanol–water partition coefficient (Wildman–Crippen LogP) is 2.21. The van der Waals surface area contributed by atoms with Crippen molar-refractivity contribution in [3.05, 3.63) is 0 Å². The van der Waals surface area contributed by atoms with Crippen molar-refractivity contribution in [3.63, 3.8) is 0 Å². The van der Waals surface area contributed by atoms with Gasteiger partial charge in [-0.1, -0.05) is 27.7 Å². The fourth-order valence-electron chi connectivity index (χ4n) is 2.20. The van der Waals surface area contributed by atoms with Crippen LogP contribution in [0.5, 0.6) is 0 Å². The molecule has 15 heavy (non-hydrogen) atoms. The van der Waals surface area contributed by atoms with E-state index in [1.165, 1.54) is 32.6 Å². The molecule has 2 nitrogen and oxygen atoms in total. The summed E-state index contributed by atoms with van der Waals surface area (Å²) in [5.41, 5.74) is 0.446. The van der Waals surface area contributed by atoms with Gasteiger partial charge in [-0.05, 0) is 43.8 Å². The highest BCUT2D eigenvalue weighted by atomic mass is 15.1. The first-order valence-corrected chi connectivity index (χ1v) is 6.30. The van der Waals surface area contributed by atoms with Gasteiger partial charge in [0.25, 0.3) is 0 Å². The maximum Gasteiger partial charge on any atom is 0.00224 e. The zero-order chi connectivity index (χ0) is 11.5. The monoisotopic (exact) mass is 212 g/mol. The molecule has 0 aromatic heterocycles. The van der Waals surface area contributed by atoms with Gasteiger partial charge in [0.15, 0.2) is 0 Å². The number of nitrogens with one attached hydrogen (secondary N) is 1. The summed E-state index contributed by atoms with van der Waals surface area (Å²) < 4.78 is 0. The summed E-state index contributed by atoms with van der Waals surface area (Å²) in [6, 6.07) is 0. The molecule has 2 heteroatoms. The van der Waals surface area contributed by atoms with Crippen LogP contribution in [0.25, 0.3) is 0 Å². The molecular formula is C13H28N2. The third-order valence-corrected chi connectivity index (χ3v) is 3.87. The van der Waals surface area contributed by atoms with E-state index in [1.54, 1.807) is 0 Å². The van der Waals surface area contributed by atoms with Crippen LogP contribution < -0.4 is 5.32 Å². The van der Waals surface area contributed by atoms with E-state index in [1.807, 2.05) is 0 Å². The molecule has 1 saturated heterocycles. The minimum Gasteiger partial charge on any atom is -0.319 e. The average molecular weight is 212 g/mol. The fourth-order valence-corrected chi connectivity index (χ4v) is 2.20. The zero-order valence-corrected chi connectivity index (χ0v) is 11.1. The van der Waals surface area contributed by atoms with E-state index in [9.17, 15) is 0 Å². The second-order valence-electron chi connectivity index (χ2n) is 6.24. The summed E-state index contributed by atoms with van der Waals surface area (Å²) in [6.07, 6.45) is 1.37. The molecule has 1 fully saturated rings. The number of rotatable bonds is 4. The van der Waals surface area contributed by atoms with Gasteiger partial charge in [0.2, 0.25) is 0 Å². The molecule has 0 bridgehead atoms. The second-order valence-corrected chi connectivity index (χ2v) is 6.24. The van der Waals surface area contributed by atoms with E-state index in [-0.39, 0.29) is 0 Å². The summed E-state index contributed by atoms with van der Waals surface area (Å²) in [7, 11) is 2.06. The van der Waals surface area contributed by atoms with E-state index in [0.717, 1.165) is 11.8 Å². The molecule has 0 aromatic carbocycles. The van der Waals surface area contributed by atoms with Crippen LogP contribution in [0.3, 0.4) is 0 Å². The van der Waals surface area contributed by atoms with Crippen molar-refractivity contribution >= 4 is 0 Å². The Morgan fingerprint density at radius 3 is 2.60 bits per heavy atom. The van der Waals surface area contributed by atoms with Gasteiger partial charge in [-0.2, -0.15) is 0 Å². The zero-order valence-electron chi connectivity index (χ0n) is 11.1. The molecule has 1 aliphatic rings. The Hall–Kier alpha value is -0.0800. The molecule has 0 radical (unpaired) electrons. The summed E-state index contributed by atoms with van der Waals surface area (Å²) in [4.78, 5) is 2.64. The standard InChI is InChI=1S/C13H28N2/c1-11(13(2,3)4)9-15-7-6-12(10-15)8-14-5/h11-12,14H,6-10H2,1-5H3. The first-order chi connectivity index (χ1) is 6.93. The van der Waals surface area contributed by atoms with Crippen molar-refractivity contribution in [2.75, 3.05) is 33.2 Å². The van der Waals surface area contributed by atoms with Gasteiger partial charge in [0.05, 0.1) is 0 Å². The predicted molar refractivity (Wildman–Crippen MR) is 67.1 cm³/mol. The molecular weight excluding hydrogens is 184 g/mol. The molecule has 0 saturated carbocycles. The molecule has 90 valence electrons. The molecule has 0 aromatic rings. The minimum atomic E-state index is 0.446. The van der Waals surface area contributed by atoms with Crippen LogP contribution in [0.1, 0.15) is 34.1 Å². The van der Waals surface area contributed by atoms with E-state index in [2.05, 4.69) is 45.0 Å². The summed E-state index contributed by atoms with van der Waals surface area (Å²) in [5.74, 6) is 1.66. The van der Waals surface area contributed by atoms with Gasteiger partial charge < -0.3 is 10.2 Å². The maximum absolute atomic E-state index is 3.29. The lowest BCUT2D eigenvalue weighted by molar-refractivity contribution is 0.179. The van der Waals surface area contributed by atoms with Crippen LogP contribution in [-0.2, 0) is 0 Å². The summed E-state index contributed by atoms with van der Waals surface area (Å²) >= 11 is 0. The fraction of sp³-hybridized carbons (Fsp3) is 1.00. The highest BCUT2D eigenvalue weighted by Crippen LogP contribution is 2.27. The molecule has 1 heterocycles. The van der Waals surface area contributed by atoms with Crippen LogP contribution in [0, 0.1) is 17.3 Å². The van der Waals surface area contributed by atoms with Gasteiger partial charge in [-0.3, -0.25) is 0 Å². The van der Waals surface area contributed by atoms with Crippen molar-refractivity contribution in [2.24, 2.45) is 17.3 Å². The van der Waals surface area contributed by atoms with Crippen LogP contribution in [0.15, 0.2) is 0 Å². The van der Waals surface area contributed by atoms with Crippen molar-refractivity contribution in [1.82, 2.24) is 10.2 Å². The smallest absolute Gasteiger partial charge is 0.00224 e. The van der Waals surface area contributed by atoms with Gasteiger partial charge >= 0.3 is 0 Å². The number of likely N-dealkylation sites (tertiary alicyclic amines) is 1. The summed E-state index contributed by atoms with van der Waals surface area (Å²) in [6.45, 7) is 14.5. The third-order valence-electron chi connectivity index (χ3n) is 3.87. The highest BCUT2D eigenvalue weighted by molar-refractivity contribution is 4.80. The Labute approximate surface area is 95.4 Å². The Bertz CT molecular complexity index is 183. The van der Waals surface area contributed by atoms with Crippen molar-refractivity contribution in [1.29, 1.82) is 0 Å². The van der Waals surface area contributed by atoms with Gasteiger partial charge in [-0.15, -0.1) is 0 Å². The Morgan fingerprint density at radius 2 is 2.07 bits per heavy atom. The minimum absolute atomic E-state index is 0.446. The van der Waals surface area contributed by atoms with E-state index in [4.69, 9.17) is 0 Å². The number of hydrogen-bond donors (Lipinski definition) is 1. The highest BCUT2D eigenvalue weighted by Gasteiger charge is 2.27. The van der Waals surface area contributed by atoms with Crippen molar-refractivity contribution in [2.45, 2.75) is 34.1 Å². The average Bonchev–Trinajstić information content (AvgIpc) is 2.51. The van der Waals surface area contributed by atoms with Gasteiger partial charge in [-0.25, -0.2) is 0 Å². The molecule has 1 N–H and O–H groups in total. The second kappa shape index (κ2) is 5.31. The number of hydrogen-bond acceptors (Lipinski definition) is 2. The van der Waals surface area contributed by atoms with Crippen LogP contribution in [0.2, 0.25) is 0 Å². The van der Waals surface area contributed by atoms with Crippen LogP contribution in [0.4, 0.5) is 0 Å². The maximum atomic E-state index is 3.29. The molecule has 0 aliphatic carbocycles. The molecule has 0 spiro atoms. The first-order valence-electron chi connectivity index (χ1n) is 6.30. The molecule has 1 rings (SSSR count). The summed E-state index contributed by atoms with van der Waals surface area (Å²) in [5, 5.41) is 3.29. The lowest BCUT2D eigenvalue weighted by Crippen LogP contribution is -2.33. The van der Waals surface area contributed by atoms with E-state index in [0.29, 0.717) is 5.41 Å². The van der Waals surface area contributed by atoms with Crippen LogP contribution >= 0.6 is 0 Å². The lowest BCUT2D eigenvalue weighted by atomic mass is 9.82.